The van der Waals surface area contributed by atoms with Crippen LogP contribution in [0.15, 0.2) is 54.9 Å². The number of benzene rings is 2. The van der Waals surface area contributed by atoms with Crippen molar-refractivity contribution in [2.45, 2.75) is 25.4 Å². The molecule has 1 amide bonds. The third-order valence-electron chi connectivity index (χ3n) is 5.86. The minimum absolute atomic E-state index is 0.00575. The minimum Gasteiger partial charge on any atom is -0.399 e. The highest BCUT2D eigenvalue weighted by molar-refractivity contribution is 7.79. The van der Waals surface area contributed by atoms with Crippen molar-refractivity contribution in [3.8, 4) is 11.3 Å². The van der Waals surface area contributed by atoms with Gasteiger partial charge in [-0.3, -0.25) is 19.7 Å². The maximum Gasteiger partial charge on any atom is 0.253 e. The number of nitrogen functional groups attached to an aromatic ring is 1. The van der Waals surface area contributed by atoms with E-state index < -0.39 is 0 Å². The summed E-state index contributed by atoms with van der Waals surface area (Å²) in [5, 5.41) is 0.851. The first-order valence-corrected chi connectivity index (χ1v) is 12.6. The Morgan fingerprint density at radius 3 is 2.32 bits per heavy atom. The molecule has 2 aromatic carbocycles. The van der Waals surface area contributed by atoms with Crippen LogP contribution in [-0.4, -0.2) is 58.1 Å². The van der Waals surface area contributed by atoms with Crippen LogP contribution in [0.1, 0.15) is 28.9 Å². The number of hydrogen-bond donors (Lipinski definition) is 2. The number of aromatic nitrogens is 2. The van der Waals surface area contributed by atoms with Gasteiger partial charge >= 0.3 is 0 Å². The molecule has 0 atom stereocenters. The number of likely N-dealkylation sites (tertiary alicyclic amines) is 1. The lowest BCUT2D eigenvalue weighted by atomic mass is 10.0. The van der Waals surface area contributed by atoms with E-state index in [1.165, 1.54) is 0 Å². The van der Waals surface area contributed by atoms with Gasteiger partial charge in [0.05, 0.1) is 33.8 Å². The van der Waals surface area contributed by atoms with E-state index in [0.29, 0.717) is 41.3 Å². The van der Waals surface area contributed by atoms with E-state index >= 15 is 0 Å². The van der Waals surface area contributed by atoms with Gasteiger partial charge in [-0.05, 0) is 56.5 Å². The van der Waals surface area contributed by atoms with Gasteiger partial charge in [0.1, 0.15) is 0 Å². The first-order valence-electron chi connectivity index (χ1n) is 11.0. The molecule has 1 aliphatic rings. The second-order valence-electron chi connectivity index (χ2n) is 8.08. The molecular weight excluding hydrogens is 489 g/mol. The van der Waals surface area contributed by atoms with Crippen molar-refractivity contribution in [1.82, 2.24) is 19.8 Å². The Balaban J connectivity index is 0.00000158. The van der Waals surface area contributed by atoms with Gasteiger partial charge in [-0.1, -0.05) is 35.3 Å². The molecule has 0 spiro atoms. The maximum atomic E-state index is 12.8. The molecule has 2 N–H and O–H groups in total. The van der Waals surface area contributed by atoms with Crippen molar-refractivity contribution in [2.75, 3.05) is 32.1 Å². The van der Waals surface area contributed by atoms with Crippen LogP contribution in [0.5, 0.6) is 0 Å². The largest absolute Gasteiger partial charge is 0.399 e. The van der Waals surface area contributed by atoms with Crippen molar-refractivity contribution < 1.29 is 4.79 Å². The lowest BCUT2D eigenvalue weighted by Crippen LogP contribution is -2.45. The van der Waals surface area contributed by atoms with Gasteiger partial charge < -0.3 is 10.6 Å². The van der Waals surface area contributed by atoms with Crippen LogP contribution < -0.4 is 5.73 Å². The van der Waals surface area contributed by atoms with E-state index in [9.17, 15) is 4.79 Å². The van der Waals surface area contributed by atoms with Crippen LogP contribution in [0.25, 0.3) is 11.3 Å². The first kappa shape index (κ1) is 26.3. The SMILES string of the molecule is CN(Cc1cnc(-c2ccc(N)cc2)cn1)C1CCN(C(=O)c2ccc(Cl)c(Cl)c2)CC1.CS. The zero-order valence-corrected chi connectivity index (χ0v) is 21.7. The molecule has 0 bridgehead atoms. The number of carbonyl (C=O) groups excluding carboxylic acids is 1. The summed E-state index contributed by atoms with van der Waals surface area (Å²) in [6.45, 7) is 2.12. The highest BCUT2D eigenvalue weighted by Crippen LogP contribution is 2.25. The fourth-order valence-corrected chi connectivity index (χ4v) is 4.24. The Kier molecular flexibility index (Phi) is 9.59. The van der Waals surface area contributed by atoms with Crippen LogP contribution >= 0.6 is 35.8 Å². The zero-order valence-electron chi connectivity index (χ0n) is 19.3. The fourth-order valence-electron chi connectivity index (χ4n) is 3.95. The molecule has 34 heavy (non-hydrogen) atoms. The van der Waals surface area contributed by atoms with Crippen LogP contribution in [-0.2, 0) is 6.54 Å². The second kappa shape index (κ2) is 12.4. The van der Waals surface area contributed by atoms with Gasteiger partial charge in [-0.15, -0.1) is 0 Å². The summed E-state index contributed by atoms with van der Waals surface area (Å²) in [4.78, 5) is 26.1. The molecule has 1 aromatic heterocycles. The van der Waals surface area contributed by atoms with Crippen LogP contribution in [0.4, 0.5) is 5.69 Å². The van der Waals surface area contributed by atoms with Gasteiger partial charge in [-0.2, -0.15) is 12.6 Å². The summed E-state index contributed by atoms with van der Waals surface area (Å²) in [6, 6.07) is 13.0. The Labute approximate surface area is 216 Å². The second-order valence-corrected chi connectivity index (χ2v) is 8.90. The predicted octanol–water partition coefficient (Wildman–Crippen LogP) is 5.32. The lowest BCUT2D eigenvalue weighted by Gasteiger charge is -2.36. The molecule has 0 saturated carbocycles. The lowest BCUT2D eigenvalue weighted by molar-refractivity contribution is 0.0638. The normalized spacial score (nSPS) is 14.0. The number of piperidine rings is 1. The summed E-state index contributed by atoms with van der Waals surface area (Å²) in [7, 11) is 2.09. The third kappa shape index (κ3) is 6.63. The average molecular weight is 519 g/mol. The molecular formula is C25H29Cl2N5OS. The van der Waals surface area contributed by atoms with Crippen LogP contribution in [0, 0.1) is 0 Å². The molecule has 0 radical (unpaired) electrons. The molecule has 1 saturated heterocycles. The van der Waals surface area contributed by atoms with E-state index in [0.717, 1.165) is 35.5 Å². The van der Waals surface area contributed by atoms with Crippen molar-refractivity contribution >= 4 is 47.4 Å². The topological polar surface area (TPSA) is 75.4 Å². The quantitative estimate of drug-likeness (QED) is 0.354. The van der Waals surface area contributed by atoms with Gasteiger partial charge in [0, 0.05) is 42.5 Å². The molecule has 3 aromatic rings. The number of carbonyl (C=O) groups is 1. The number of thiol groups is 1. The van der Waals surface area contributed by atoms with E-state index in [2.05, 4.69) is 34.5 Å². The molecule has 0 unspecified atom stereocenters. The first-order chi connectivity index (χ1) is 16.4. The fraction of sp³-hybridized carbons (Fsp3) is 0.320. The van der Waals surface area contributed by atoms with Gasteiger partial charge in [0.25, 0.3) is 5.91 Å². The number of anilines is 1. The standard InChI is InChI=1S/C24H25Cl2N5O.CH4S/c1-30(15-19-13-29-23(14-28-19)16-2-5-18(27)6-3-16)20-8-10-31(11-9-20)24(32)17-4-7-21(25)22(26)12-17;1-2/h2-7,12-14,20H,8-11,15,27H2,1H3;2H,1H3. The Morgan fingerprint density at radius 2 is 1.74 bits per heavy atom. The highest BCUT2D eigenvalue weighted by atomic mass is 35.5. The van der Waals surface area contributed by atoms with E-state index in [1.54, 1.807) is 30.7 Å². The van der Waals surface area contributed by atoms with E-state index in [-0.39, 0.29) is 5.91 Å². The van der Waals surface area contributed by atoms with E-state index in [1.807, 2.05) is 35.4 Å². The Morgan fingerprint density at radius 1 is 1.06 bits per heavy atom. The Bertz CT molecular complexity index is 1090. The third-order valence-corrected chi connectivity index (χ3v) is 6.60. The predicted molar refractivity (Wildman–Crippen MR) is 144 cm³/mol. The molecule has 1 aliphatic heterocycles. The van der Waals surface area contributed by atoms with E-state index in [4.69, 9.17) is 28.9 Å². The van der Waals surface area contributed by atoms with Gasteiger partial charge in [0.15, 0.2) is 0 Å². The number of hydrogen-bond acceptors (Lipinski definition) is 6. The molecule has 2 heterocycles. The summed E-state index contributed by atoms with van der Waals surface area (Å²) < 4.78 is 0. The minimum atomic E-state index is -0.00575. The highest BCUT2D eigenvalue weighted by Gasteiger charge is 2.26. The number of nitrogens with two attached hydrogens (primary N) is 1. The number of nitrogens with zero attached hydrogens (tertiary/aromatic N) is 4. The van der Waals surface area contributed by atoms with Gasteiger partial charge in [-0.25, -0.2) is 0 Å². The van der Waals surface area contributed by atoms with Crippen LogP contribution in [0.3, 0.4) is 0 Å². The summed E-state index contributed by atoms with van der Waals surface area (Å²) in [5.74, 6) is -0.00575. The summed E-state index contributed by atoms with van der Waals surface area (Å²) >= 11 is 15.6. The number of amides is 1. The molecule has 0 aliphatic carbocycles. The Hall–Kier alpha value is -2.32. The monoisotopic (exact) mass is 517 g/mol. The number of halogens is 2. The van der Waals surface area contributed by atoms with Crippen molar-refractivity contribution in [1.29, 1.82) is 0 Å². The number of rotatable bonds is 5. The maximum absolute atomic E-state index is 12.8. The molecule has 4 rings (SSSR count). The van der Waals surface area contributed by atoms with Crippen molar-refractivity contribution in [2.24, 2.45) is 0 Å². The molecule has 6 nitrogen and oxygen atoms in total. The molecule has 9 heteroatoms. The molecule has 180 valence electrons. The average Bonchev–Trinajstić information content (AvgIpc) is 2.87. The molecule has 1 fully saturated rings. The van der Waals surface area contributed by atoms with Crippen molar-refractivity contribution in [3.05, 3.63) is 76.2 Å². The zero-order chi connectivity index (χ0) is 24.7. The summed E-state index contributed by atoms with van der Waals surface area (Å²) in [6.07, 6.45) is 7.12. The van der Waals surface area contributed by atoms with Crippen LogP contribution in [0.2, 0.25) is 10.0 Å². The summed E-state index contributed by atoms with van der Waals surface area (Å²) in [5.41, 5.74) is 9.78. The van der Waals surface area contributed by atoms with Crippen molar-refractivity contribution in [3.63, 3.8) is 0 Å². The van der Waals surface area contributed by atoms with Gasteiger partial charge in [0.2, 0.25) is 0 Å². The smallest absolute Gasteiger partial charge is 0.253 e.